The molecule has 7 heteroatoms. The molecule has 294 valence electrons. The van der Waals surface area contributed by atoms with Crippen molar-refractivity contribution in [2.75, 3.05) is 33.7 Å². The van der Waals surface area contributed by atoms with Crippen LogP contribution < -0.4 is 0 Å². The Hall–Kier alpha value is -2.25. The van der Waals surface area contributed by atoms with Crippen molar-refractivity contribution in [1.82, 2.24) is 9.80 Å². The van der Waals surface area contributed by atoms with Gasteiger partial charge in [0.2, 0.25) is 5.91 Å². The van der Waals surface area contributed by atoms with Gasteiger partial charge in [0.15, 0.2) is 5.78 Å². The van der Waals surface area contributed by atoms with Crippen molar-refractivity contribution in [3.8, 4) is 0 Å². The number of carboxylic acid groups (broad SMARTS) is 1. The molecule has 0 bridgehead atoms. The number of hydrogen-bond acceptors (Lipinski definition) is 5. The van der Waals surface area contributed by atoms with Crippen LogP contribution in [-0.2, 0) is 14.4 Å². The standard InChI is InChI=1S/C46H70N2O5/c1-28(2)39-34(49)24-46(37(50)26-48(25-29-10-11-29)38(51)27-47(8)9)23-22-44(6)33(40(39)46)16-17-36-43(5)20-18-32(30-12-14-31(15-13-30)41(52)53)42(3,4)35(43)19-21-45(36,44)7/h12,18,28-29,31,33,35-37,50H,10-11,13-17,19-27H2,1-9H3,(H,52,53)/t31?,33-,35+,36-,37+,43+,44-,45-,46+/m1/s1. The second-order valence-corrected chi connectivity index (χ2v) is 20.9. The number of carbonyl (C=O) groups is 3. The summed E-state index contributed by atoms with van der Waals surface area (Å²) in [5, 5.41) is 22.1. The maximum absolute atomic E-state index is 14.2. The lowest BCUT2D eigenvalue weighted by Crippen LogP contribution is -2.65. The van der Waals surface area contributed by atoms with Gasteiger partial charge in [0.1, 0.15) is 0 Å². The fourth-order valence-electron chi connectivity index (χ4n) is 14.2. The second-order valence-electron chi connectivity index (χ2n) is 20.9. The van der Waals surface area contributed by atoms with Crippen LogP contribution in [0.3, 0.4) is 0 Å². The van der Waals surface area contributed by atoms with Crippen LogP contribution in [0.4, 0.5) is 0 Å². The molecule has 0 aliphatic heterocycles. The third-order valence-electron chi connectivity index (χ3n) is 17.2. The lowest BCUT2D eigenvalue weighted by molar-refractivity contribution is -0.202. The summed E-state index contributed by atoms with van der Waals surface area (Å²) in [6, 6.07) is 0. The van der Waals surface area contributed by atoms with Crippen LogP contribution in [-0.4, -0.2) is 77.5 Å². The molecule has 0 radical (unpaired) electrons. The van der Waals surface area contributed by atoms with Gasteiger partial charge in [-0.25, -0.2) is 0 Å². The average Bonchev–Trinajstić information content (AvgIpc) is 3.83. The molecule has 53 heavy (non-hydrogen) atoms. The number of aliphatic hydroxyl groups is 1. The first-order valence-corrected chi connectivity index (χ1v) is 21.3. The molecular weight excluding hydrogens is 661 g/mol. The minimum Gasteiger partial charge on any atom is -0.481 e. The van der Waals surface area contributed by atoms with E-state index < -0.39 is 17.5 Å². The van der Waals surface area contributed by atoms with Gasteiger partial charge in [-0.1, -0.05) is 66.2 Å². The van der Waals surface area contributed by atoms with Gasteiger partial charge in [-0.15, -0.1) is 0 Å². The Labute approximate surface area is 320 Å². The van der Waals surface area contributed by atoms with Gasteiger partial charge in [0, 0.05) is 24.9 Å². The summed E-state index contributed by atoms with van der Waals surface area (Å²) >= 11 is 0. The van der Waals surface area contributed by atoms with E-state index in [4.69, 9.17) is 0 Å². The van der Waals surface area contributed by atoms with Crippen LogP contribution in [0.1, 0.15) is 132 Å². The van der Waals surface area contributed by atoms with E-state index in [1.54, 1.807) is 0 Å². The van der Waals surface area contributed by atoms with Gasteiger partial charge < -0.3 is 20.0 Å². The first kappa shape index (κ1) is 39.0. The summed E-state index contributed by atoms with van der Waals surface area (Å²) < 4.78 is 0. The van der Waals surface area contributed by atoms with E-state index in [0.717, 1.165) is 63.4 Å². The molecule has 0 heterocycles. The molecule has 0 aromatic rings. The van der Waals surface area contributed by atoms with E-state index in [-0.39, 0.29) is 51.1 Å². The number of carbonyl (C=O) groups excluding carboxylic acids is 2. The van der Waals surface area contributed by atoms with Crippen molar-refractivity contribution in [2.45, 2.75) is 138 Å². The summed E-state index contributed by atoms with van der Waals surface area (Å²) in [5.74, 6) is 1.37. The van der Waals surface area contributed by atoms with Crippen molar-refractivity contribution in [3.05, 3.63) is 34.4 Å². The highest BCUT2D eigenvalue weighted by Gasteiger charge is 2.70. The van der Waals surface area contributed by atoms with E-state index >= 15 is 0 Å². The number of fused-ring (bicyclic) bond motifs is 7. The zero-order valence-electron chi connectivity index (χ0n) is 34.5. The van der Waals surface area contributed by atoms with Gasteiger partial charge >= 0.3 is 5.97 Å². The van der Waals surface area contributed by atoms with Crippen molar-refractivity contribution in [2.24, 2.45) is 62.6 Å². The molecule has 1 unspecified atom stereocenters. The highest BCUT2D eigenvalue weighted by molar-refractivity contribution is 6.00. The van der Waals surface area contributed by atoms with Crippen molar-refractivity contribution < 1.29 is 24.6 Å². The molecule has 4 fully saturated rings. The first-order valence-electron chi connectivity index (χ1n) is 21.3. The average molecular weight is 731 g/mol. The number of nitrogens with zero attached hydrogens (tertiary/aromatic N) is 2. The molecule has 4 saturated carbocycles. The fraction of sp³-hybridized carbons (Fsp3) is 0.804. The van der Waals surface area contributed by atoms with Crippen LogP contribution >= 0.6 is 0 Å². The minimum atomic E-state index is -0.756. The Morgan fingerprint density at radius 1 is 0.906 bits per heavy atom. The Morgan fingerprint density at radius 3 is 2.23 bits per heavy atom. The summed E-state index contributed by atoms with van der Waals surface area (Å²) in [6.07, 6.45) is 16.4. The maximum atomic E-state index is 14.2. The Bertz CT molecular complexity index is 1620. The lowest BCUT2D eigenvalue weighted by atomic mass is 9.33. The van der Waals surface area contributed by atoms with E-state index in [2.05, 4.69) is 60.6 Å². The first-order chi connectivity index (χ1) is 24.8. The second kappa shape index (κ2) is 13.5. The molecule has 1 amide bonds. The molecule has 7 rings (SSSR count). The Balaban J connectivity index is 1.21. The molecular formula is C46H70N2O5. The molecule has 0 saturated heterocycles. The molecule has 2 N–H and O–H groups in total. The predicted octanol–water partition coefficient (Wildman–Crippen LogP) is 8.48. The number of amides is 1. The number of Topliss-reactive ketones (excluding diaryl/α,β-unsaturated/α-hetero) is 1. The number of likely N-dealkylation sites (N-methyl/N-ethyl adjacent to an activating group) is 1. The van der Waals surface area contributed by atoms with Gasteiger partial charge in [0.25, 0.3) is 0 Å². The number of allylic oxidation sites excluding steroid dienone is 5. The zero-order valence-corrected chi connectivity index (χ0v) is 34.5. The number of aliphatic carboxylic acids is 1. The van der Waals surface area contributed by atoms with Crippen LogP contribution in [0.25, 0.3) is 0 Å². The summed E-state index contributed by atoms with van der Waals surface area (Å²) in [6.45, 7) is 18.4. The van der Waals surface area contributed by atoms with Crippen LogP contribution in [0.5, 0.6) is 0 Å². The van der Waals surface area contributed by atoms with Gasteiger partial charge in [-0.05, 0) is 159 Å². The molecule has 0 aromatic heterocycles. The van der Waals surface area contributed by atoms with E-state index in [1.807, 2.05) is 23.9 Å². The van der Waals surface area contributed by atoms with Gasteiger partial charge in [-0.2, -0.15) is 0 Å². The van der Waals surface area contributed by atoms with E-state index in [9.17, 15) is 24.6 Å². The monoisotopic (exact) mass is 731 g/mol. The lowest BCUT2D eigenvalue weighted by Gasteiger charge is -2.71. The summed E-state index contributed by atoms with van der Waals surface area (Å²) in [4.78, 5) is 43.3. The quantitative estimate of drug-likeness (QED) is 0.234. The number of aliphatic hydroxyl groups excluding tert-OH is 1. The molecule has 7 nitrogen and oxygen atoms in total. The highest BCUT2D eigenvalue weighted by atomic mass is 16.4. The van der Waals surface area contributed by atoms with Crippen molar-refractivity contribution in [3.63, 3.8) is 0 Å². The van der Waals surface area contributed by atoms with Crippen LogP contribution in [0.15, 0.2) is 34.4 Å². The SMILES string of the molecule is CC(C)C1=C2[C@H]3CC[C@@H]4[C@@]5(C)CC=C(C6=CCC(C(=O)O)CC6)C(C)(C)[C@@H]5CC[C@@]4(C)[C@]3(C)CC[C@@]2([C@@H](O)CN(CC2CC2)C(=O)CN(C)C)CC1=O. The molecule has 0 spiro atoms. The van der Waals surface area contributed by atoms with Crippen LogP contribution in [0.2, 0.25) is 0 Å². The predicted molar refractivity (Wildman–Crippen MR) is 210 cm³/mol. The largest absolute Gasteiger partial charge is 0.481 e. The van der Waals surface area contributed by atoms with E-state index in [1.165, 1.54) is 29.6 Å². The molecule has 7 aliphatic rings. The molecule has 0 aromatic carbocycles. The number of ketones is 1. The van der Waals surface area contributed by atoms with Crippen molar-refractivity contribution in [1.29, 1.82) is 0 Å². The molecule has 9 atom stereocenters. The normalized spacial score (nSPS) is 39.8. The van der Waals surface area contributed by atoms with Gasteiger partial charge in [0.05, 0.1) is 18.6 Å². The number of carboxylic acids is 1. The fourth-order valence-corrected chi connectivity index (χ4v) is 14.2. The Kier molecular flexibility index (Phi) is 9.90. The minimum absolute atomic E-state index is 0.00747. The van der Waals surface area contributed by atoms with Gasteiger partial charge in [-0.3, -0.25) is 14.4 Å². The number of hydrogen-bond donors (Lipinski definition) is 2. The smallest absolute Gasteiger partial charge is 0.306 e. The summed E-state index contributed by atoms with van der Waals surface area (Å²) in [7, 11) is 3.85. The third kappa shape index (κ3) is 6.07. The Morgan fingerprint density at radius 2 is 1.62 bits per heavy atom. The molecule has 7 aliphatic carbocycles. The maximum Gasteiger partial charge on any atom is 0.306 e. The topological polar surface area (TPSA) is 98.2 Å². The number of rotatable bonds is 10. The highest BCUT2D eigenvalue weighted by Crippen LogP contribution is 2.77. The third-order valence-corrected chi connectivity index (χ3v) is 17.2. The van der Waals surface area contributed by atoms with Crippen molar-refractivity contribution >= 4 is 17.7 Å². The van der Waals surface area contributed by atoms with Crippen LogP contribution in [0, 0.1) is 62.6 Å². The van der Waals surface area contributed by atoms with E-state index in [0.29, 0.717) is 50.2 Å². The summed E-state index contributed by atoms with van der Waals surface area (Å²) in [5.41, 5.74) is 4.81. The zero-order chi connectivity index (χ0) is 38.5.